The first-order valence-electron chi connectivity index (χ1n) is 9.50. The van der Waals surface area contributed by atoms with E-state index >= 15 is 0 Å². The predicted octanol–water partition coefficient (Wildman–Crippen LogP) is 2.44. The van der Waals surface area contributed by atoms with E-state index in [1.165, 1.54) is 26.0 Å². The number of carbonyl (C=O) groups excluding carboxylic acids is 3. The van der Waals surface area contributed by atoms with Crippen LogP contribution in [0.5, 0.6) is 0 Å². The fourth-order valence-corrected chi connectivity index (χ4v) is 2.84. The predicted molar refractivity (Wildman–Crippen MR) is 106 cm³/mol. The SMILES string of the molecule is CCOC(=O)C(NC(=O)OC(C)(C)C)(C(=O)OCC)[C@H](C[N+](=O)[O-])c1ccccc1. The molecule has 0 heterocycles. The number of nitrogens with one attached hydrogen (secondary N) is 1. The van der Waals surface area contributed by atoms with Crippen LogP contribution in [0.4, 0.5) is 4.79 Å². The van der Waals surface area contributed by atoms with Crippen LogP contribution in [0.1, 0.15) is 46.1 Å². The third-order valence-electron chi connectivity index (χ3n) is 3.95. The second kappa shape index (κ2) is 10.6. The molecule has 1 N–H and O–H groups in total. The van der Waals surface area contributed by atoms with Crippen molar-refractivity contribution in [2.75, 3.05) is 19.8 Å². The highest BCUT2D eigenvalue weighted by atomic mass is 16.6. The monoisotopic (exact) mass is 424 g/mol. The average Bonchev–Trinajstić information content (AvgIpc) is 2.63. The second-order valence-corrected chi connectivity index (χ2v) is 7.35. The van der Waals surface area contributed by atoms with Gasteiger partial charge in [-0.2, -0.15) is 0 Å². The van der Waals surface area contributed by atoms with Gasteiger partial charge in [0.05, 0.1) is 19.1 Å². The molecule has 30 heavy (non-hydrogen) atoms. The number of hydrogen-bond donors (Lipinski definition) is 1. The molecule has 1 rings (SSSR count). The van der Waals surface area contributed by atoms with Crippen molar-refractivity contribution in [2.24, 2.45) is 0 Å². The van der Waals surface area contributed by atoms with E-state index in [0.29, 0.717) is 0 Å². The van der Waals surface area contributed by atoms with E-state index in [0.717, 1.165) is 0 Å². The molecule has 166 valence electrons. The molecule has 1 aromatic carbocycles. The highest BCUT2D eigenvalue weighted by Gasteiger charge is 2.59. The topological polar surface area (TPSA) is 134 Å². The van der Waals surface area contributed by atoms with Crippen LogP contribution in [-0.4, -0.2) is 53.9 Å². The van der Waals surface area contributed by atoms with Gasteiger partial charge in [0.1, 0.15) is 5.60 Å². The number of benzene rings is 1. The summed E-state index contributed by atoms with van der Waals surface area (Å²) in [6, 6.07) is 7.88. The van der Waals surface area contributed by atoms with Crippen LogP contribution in [0, 0.1) is 10.1 Å². The quantitative estimate of drug-likeness (QED) is 0.210. The number of nitrogens with zero attached hydrogens (tertiary/aromatic N) is 1. The molecule has 1 aromatic rings. The van der Waals surface area contributed by atoms with Crippen LogP contribution in [-0.2, 0) is 23.8 Å². The molecule has 0 fully saturated rings. The van der Waals surface area contributed by atoms with Crippen LogP contribution >= 0.6 is 0 Å². The Kier molecular flexibility index (Phi) is 8.75. The van der Waals surface area contributed by atoms with Gasteiger partial charge in [-0.05, 0) is 40.2 Å². The zero-order valence-corrected chi connectivity index (χ0v) is 17.8. The van der Waals surface area contributed by atoms with E-state index in [1.807, 2.05) is 0 Å². The molecule has 0 radical (unpaired) electrons. The molecule has 0 aliphatic heterocycles. The number of esters is 2. The average molecular weight is 424 g/mol. The van der Waals surface area contributed by atoms with Gasteiger partial charge in [0, 0.05) is 4.92 Å². The molecule has 0 unspecified atom stereocenters. The van der Waals surface area contributed by atoms with Crippen molar-refractivity contribution < 1.29 is 33.5 Å². The van der Waals surface area contributed by atoms with Gasteiger partial charge in [-0.1, -0.05) is 30.3 Å². The van der Waals surface area contributed by atoms with Crippen molar-refractivity contribution >= 4 is 18.0 Å². The Morgan fingerprint density at radius 2 is 1.53 bits per heavy atom. The molecule has 0 aromatic heterocycles. The third kappa shape index (κ3) is 6.43. The van der Waals surface area contributed by atoms with Crippen LogP contribution in [0.15, 0.2) is 30.3 Å². The highest BCUT2D eigenvalue weighted by molar-refractivity contribution is 6.08. The van der Waals surface area contributed by atoms with Crippen LogP contribution < -0.4 is 5.32 Å². The van der Waals surface area contributed by atoms with Gasteiger partial charge in [-0.15, -0.1) is 0 Å². The lowest BCUT2D eigenvalue weighted by Gasteiger charge is -2.35. The van der Waals surface area contributed by atoms with Crippen molar-refractivity contribution in [3.05, 3.63) is 46.0 Å². The Labute approximate surface area is 175 Å². The van der Waals surface area contributed by atoms with E-state index in [-0.39, 0.29) is 18.8 Å². The molecule has 0 saturated carbocycles. The lowest BCUT2D eigenvalue weighted by atomic mass is 9.78. The van der Waals surface area contributed by atoms with Crippen molar-refractivity contribution in [3.8, 4) is 0 Å². The molecular weight excluding hydrogens is 396 g/mol. The third-order valence-corrected chi connectivity index (χ3v) is 3.95. The lowest BCUT2D eigenvalue weighted by Crippen LogP contribution is -2.66. The number of alkyl carbamates (subject to hydrolysis) is 1. The van der Waals surface area contributed by atoms with E-state index in [4.69, 9.17) is 14.2 Å². The highest BCUT2D eigenvalue weighted by Crippen LogP contribution is 2.32. The number of nitro groups is 1. The molecule has 1 atom stereocenters. The van der Waals surface area contributed by atoms with Crippen molar-refractivity contribution in [1.29, 1.82) is 0 Å². The summed E-state index contributed by atoms with van der Waals surface area (Å²) in [6.07, 6.45) is -1.12. The van der Waals surface area contributed by atoms with Gasteiger partial charge < -0.3 is 14.2 Å². The maximum absolute atomic E-state index is 13.1. The van der Waals surface area contributed by atoms with E-state index in [1.54, 1.807) is 39.0 Å². The Bertz CT molecular complexity index is 740. The molecule has 1 amide bonds. The summed E-state index contributed by atoms with van der Waals surface area (Å²) in [7, 11) is 0. The van der Waals surface area contributed by atoms with Crippen LogP contribution in [0.2, 0.25) is 0 Å². The van der Waals surface area contributed by atoms with Crippen molar-refractivity contribution in [1.82, 2.24) is 5.32 Å². The van der Waals surface area contributed by atoms with E-state index in [9.17, 15) is 24.5 Å². The summed E-state index contributed by atoms with van der Waals surface area (Å²) >= 11 is 0. The smallest absolute Gasteiger partial charge is 0.409 e. The van der Waals surface area contributed by atoms with Crippen molar-refractivity contribution in [2.45, 2.75) is 51.7 Å². The largest absolute Gasteiger partial charge is 0.464 e. The molecule has 0 aliphatic carbocycles. The number of ether oxygens (including phenoxy) is 3. The zero-order chi connectivity index (χ0) is 22.9. The second-order valence-electron chi connectivity index (χ2n) is 7.35. The fraction of sp³-hybridized carbons (Fsp3) is 0.550. The fourth-order valence-electron chi connectivity index (χ4n) is 2.84. The van der Waals surface area contributed by atoms with Crippen LogP contribution in [0.25, 0.3) is 0 Å². The summed E-state index contributed by atoms with van der Waals surface area (Å²) < 4.78 is 15.3. The van der Waals surface area contributed by atoms with Gasteiger partial charge in [-0.25, -0.2) is 14.4 Å². The summed E-state index contributed by atoms with van der Waals surface area (Å²) in [4.78, 5) is 49.5. The Balaban J connectivity index is 3.70. The molecule has 0 spiro atoms. The summed E-state index contributed by atoms with van der Waals surface area (Å²) in [6.45, 7) is 6.68. The number of hydrogen-bond acceptors (Lipinski definition) is 8. The maximum atomic E-state index is 13.1. The number of carbonyl (C=O) groups is 3. The summed E-state index contributed by atoms with van der Waals surface area (Å²) in [5, 5.41) is 13.7. The van der Waals surface area contributed by atoms with Gasteiger partial charge in [-0.3, -0.25) is 15.4 Å². The van der Waals surface area contributed by atoms with Crippen molar-refractivity contribution in [3.63, 3.8) is 0 Å². The summed E-state index contributed by atoms with van der Waals surface area (Å²) in [5.41, 5.74) is -3.21. The molecule has 0 aliphatic rings. The first-order valence-corrected chi connectivity index (χ1v) is 9.50. The Morgan fingerprint density at radius 3 is 1.93 bits per heavy atom. The standard InChI is InChI=1S/C20H28N2O8/c1-6-28-16(23)20(17(24)29-7-2,21-18(25)30-19(3,4)5)15(13-22(26)27)14-11-9-8-10-12-14/h8-12,15H,6-7,13H2,1-5H3,(H,21,25)/t15-/m1/s1. The van der Waals surface area contributed by atoms with Gasteiger partial charge in [0.25, 0.3) is 5.54 Å². The zero-order valence-electron chi connectivity index (χ0n) is 17.8. The first-order chi connectivity index (χ1) is 14.0. The van der Waals surface area contributed by atoms with Gasteiger partial charge in [0.15, 0.2) is 0 Å². The summed E-state index contributed by atoms with van der Waals surface area (Å²) in [5.74, 6) is -3.77. The Hall–Kier alpha value is -3.17. The number of rotatable bonds is 9. The Morgan fingerprint density at radius 1 is 1.03 bits per heavy atom. The minimum atomic E-state index is -2.53. The minimum Gasteiger partial charge on any atom is -0.464 e. The molecular formula is C20H28N2O8. The number of amides is 1. The van der Waals surface area contributed by atoms with E-state index in [2.05, 4.69) is 5.32 Å². The minimum absolute atomic E-state index is 0.129. The normalized spacial score (nSPS) is 12.4. The van der Waals surface area contributed by atoms with Gasteiger partial charge >= 0.3 is 18.0 Å². The first kappa shape index (κ1) is 24.9. The molecule has 0 saturated heterocycles. The van der Waals surface area contributed by atoms with E-state index < -0.39 is 46.6 Å². The maximum Gasteiger partial charge on any atom is 0.409 e. The molecule has 10 nitrogen and oxygen atoms in total. The van der Waals surface area contributed by atoms with Gasteiger partial charge in [0.2, 0.25) is 6.54 Å². The van der Waals surface area contributed by atoms with Crippen LogP contribution in [0.3, 0.4) is 0 Å². The molecule has 0 bridgehead atoms. The lowest BCUT2D eigenvalue weighted by molar-refractivity contribution is -0.484. The molecule has 10 heteroatoms.